The first-order chi connectivity index (χ1) is 13.3. The predicted octanol–water partition coefficient (Wildman–Crippen LogP) is 2.88. The van der Waals surface area contributed by atoms with Crippen LogP contribution in [-0.2, 0) is 27.7 Å². The molecule has 1 aliphatic carbocycles. The SMILES string of the molecule is CC(C)[C@@H](N=C1NS(=O)(=O)c2ccccc21)C(=O)Nc1ccc2c(c1)CCC2. The Kier molecular flexibility index (Phi) is 4.71. The van der Waals surface area contributed by atoms with E-state index in [2.05, 4.69) is 21.1 Å². The summed E-state index contributed by atoms with van der Waals surface area (Å²) < 4.78 is 27.1. The van der Waals surface area contributed by atoms with Crippen molar-refractivity contribution in [1.29, 1.82) is 0 Å². The first-order valence-corrected chi connectivity index (χ1v) is 11.0. The van der Waals surface area contributed by atoms with Crippen molar-refractivity contribution in [3.05, 3.63) is 59.2 Å². The molecule has 0 fully saturated rings. The second-order valence-electron chi connectivity index (χ2n) is 7.59. The van der Waals surface area contributed by atoms with Gasteiger partial charge in [0.1, 0.15) is 11.9 Å². The maximum atomic E-state index is 12.9. The van der Waals surface area contributed by atoms with E-state index < -0.39 is 16.1 Å². The number of rotatable bonds is 4. The van der Waals surface area contributed by atoms with Crippen LogP contribution in [0, 0.1) is 5.92 Å². The average molecular weight is 398 g/mol. The van der Waals surface area contributed by atoms with Gasteiger partial charge in [0.2, 0.25) is 5.91 Å². The molecule has 7 heteroatoms. The van der Waals surface area contributed by atoms with Crippen LogP contribution in [-0.4, -0.2) is 26.2 Å². The highest BCUT2D eigenvalue weighted by Gasteiger charge is 2.32. The van der Waals surface area contributed by atoms with Crippen molar-refractivity contribution in [3.63, 3.8) is 0 Å². The molecule has 2 aromatic rings. The highest BCUT2D eigenvalue weighted by Crippen LogP contribution is 2.26. The fourth-order valence-corrected chi connectivity index (χ4v) is 4.98. The Balaban J connectivity index is 1.61. The summed E-state index contributed by atoms with van der Waals surface area (Å²) in [6.07, 6.45) is 3.27. The molecule has 0 unspecified atom stereocenters. The van der Waals surface area contributed by atoms with Gasteiger partial charge in [-0.1, -0.05) is 32.0 Å². The van der Waals surface area contributed by atoms with Gasteiger partial charge in [0.25, 0.3) is 10.0 Å². The van der Waals surface area contributed by atoms with E-state index in [1.807, 2.05) is 26.0 Å². The van der Waals surface area contributed by atoms with E-state index in [0.29, 0.717) is 5.56 Å². The zero-order valence-electron chi connectivity index (χ0n) is 15.9. The van der Waals surface area contributed by atoms with Gasteiger partial charge in [-0.25, -0.2) is 8.42 Å². The predicted molar refractivity (Wildman–Crippen MR) is 109 cm³/mol. The van der Waals surface area contributed by atoms with Crippen LogP contribution in [0.25, 0.3) is 0 Å². The number of carbonyl (C=O) groups is 1. The molecule has 0 radical (unpaired) electrons. The van der Waals surface area contributed by atoms with E-state index in [1.54, 1.807) is 18.2 Å². The summed E-state index contributed by atoms with van der Waals surface area (Å²) in [6.45, 7) is 3.79. The smallest absolute Gasteiger partial charge is 0.263 e. The second kappa shape index (κ2) is 7.05. The van der Waals surface area contributed by atoms with Gasteiger partial charge >= 0.3 is 0 Å². The minimum atomic E-state index is -3.63. The maximum absolute atomic E-state index is 12.9. The van der Waals surface area contributed by atoms with E-state index >= 15 is 0 Å². The maximum Gasteiger partial charge on any atom is 0.263 e. The number of hydrogen-bond donors (Lipinski definition) is 2. The molecule has 2 aliphatic rings. The van der Waals surface area contributed by atoms with E-state index in [9.17, 15) is 13.2 Å². The van der Waals surface area contributed by atoms with Gasteiger partial charge in [0, 0.05) is 11.3 Å². The molecule has 0 spiro atoms. The fourth-order valence-electron chi connectivity index (χ4n) is 3.75. The highest BCUT2D eigenvalue weighted by molar-refractivity contribution is 7.90. The van der Waals surface area contributed by atoms with Crippen LogP contribution in [0.4, 0.5) is 5.69 Å². The van der Waals surface area contributed by atoms with E-state index in [-0.39, 0.29) is 22.6 Å². The van der Waals surface area contributed by atoms with Gasteiger partial charge < -0.3 is 5.32 Å². The molecular formula is C21H23N3O3S. The Morgan fingerprint density at radius 2 is 1.86 bits per heavy atom. The number of amides is 1. The number of carbonyl (C=O) groups excluding carboxylic acids is 1. The molecule has 1 heterocycles. The normalized spacial score (nSPS) is 19.2. The Morgan fingerprint density at radius 3 is 2.64 bits per heavy atom. The lowest BCUT2D eigenvalue weighted by molar-refractivity contribution is -0.118. The Labute approximate surface area is 165 Å². The number of sulfonamides is 1. The number of fused-ring (bicyclic) bond motifs is 2. The third kappa shape index (κ3) is 3.42. The molecular weight excluding hydrogens is 374 g/mol. The number of aryl methyl sites for hydroxylation is 2. The number of anilines is 1. The van der Waals surface area contributed by atoms with Gasteiger partial charge in [-0.3, -0.25) is 14.5 Å². The second-order valence-corrected chi connectivity index (χ2v) is 9.25. The Bertz CT molecular complexity index is 1070. The summed E-state index contributed by atoms with van der Waals surface area (Å²) in [7, 11) is -3.63. The standard InChI is InChI=1S/C21H23N3O3S/c1-13(2)19(21(25)22-16-11-10-14-6-5-7-15(14)12-16)23-20-17-8-3-4-9-18(17)28(26,27)24-20/h3-4,8-13,19H,5-7H2,1-2H3,(H,22,25)(H,23,24)/t19-/m1/s1. The summed E-state index contributed by atoms with van der Waals surface area (Å²) in [5.74, 6) is -0.123. The number of nitrogens with zero attached hydrogens (tertiary/aromatic N) is 1. The van der Waals surface area contributed by atoms with E-state index in [1.165, 1.54) is 17.2 Å². The molecule has 0 bridgehead atoms. The van der Waals surface area contributed by atoms with Crippen molar-refractivity contribution in [2.75, 3.05) is 5.32 Å². The lowest BCUT2D eigenvalue weighted by Gasteiger charge is -2.18. The average Bonchev–Trinajstić information content (AvgIpc) is 3.21. The number of amidine groups is 1. The molecule has 1 aliphatic heterocycles. The number of nitrogens with one attached hydrogen (secondary N) is 2. The Hall–Kier alpha value is -2.67. The first kappa shape index (κ1) is 18.7. The molecule has 6 nitrogen and oxygen atoms in total. The highest BCUT2D eigenvalue weighted by atomic mass is 32.2. The minimum Gasteiger partial charge on any atom is -0.324 e. The van der Waals surface area contributed by atoms with Crippen molar-refractivity contribution in [2.45, 2.75) is 44.0 Å². The summed E-state index contributed by atoms with van der Waals surface area (Å²) in [5, 5.41) is 2.95. The zero-order chi connectivity index (χ0) is 19.9. The summed E-state index contributed by atoms with van der Waals surface area (Å²) >= 11 is 0. The van der Waals surface area contributed by atoms with Gasteiger partial charge in [-0.05, 0) is 60.6 Å². The number of aliphatic imine (C=N–C) groups is 1. The molecule has 0 saturated carbocycles. The largest absolute Gasteiger partial charge is 0.324 e. The van der Waals surface area contributed by atoms with Crippen LogP contribution in [0.2, 0.25) is 0 Å². The van der Waals surface area contributed by atoms with Crippen LogP contribution >= 0.6 is 0 Å². The van der Waals surface area contributed by atoms with Crippen LogP contribution < -0.4 is 10.0 Å². The van der Waals surface area contributed by atoms with Crippen LogP contribution in [0.1, 0.15) is 37.0 Å². The van der Waals surface area contributed by atoms with Crippen molar-refractivity contribution in [1.82, 2.24) is 4.72 Å². The molecule has 2 aromatic carbocycles. The first-order valence-electron chi connectivity index (χ1n) is 9.48. The van der Waals surface area contributed by atoms with Crippen LogP contribution in [0.3, 0.4) is 0 Å². The molecule has 146 valence electrons. The van der Waals surface area contributed by atoms with E-state index in [0.717, 1.165) is 24.9 Å². The number of benzene rings is 2. The molecule has 0 saturated heterocycles. The topological polar surface area (TPSA) is 87.6 Å². The lowest BCUT2D eigenvalue weighted by atomic mass is 10.0. The molecule has 0 aromatic heterocycles. The van der Waals surface area contributed by atoms with Crippen LogP contribution in [0.15, 0.2) is 52.4 Å². The lowest BCUT2D eigenvalue weighted by Crippen LogP contribution is -2.34. The molecule has 2 N–H and O–H groups in total. The summed E-state index contributed by atoms with van der Waals surface area (Å²) in [4.78, 5) is 17.6. The number of hydrogen-bond acceptors (Lipinski definition) is 4. The van der Waals surface area contributed by atoms with Crippen LogP contribution in [0.5, 0.6) is 0 Å². The van der Waals surface area contributed by atoms with Gasteiger partial charge in [-0.15, -0.1) is 0 Å². The molecule has 1 atom stereocenters. The van der Waals surface area contributed by atoms with Crippen molar-refractivity contribution in [3.8, 4) is 0 Å². The quantitative estimate of drug-likeness (QED) is 0.832. The third-order valence-corrected chi connectivity index (χ3v) is 6.59. The monoisotopic (exact) mass is 397 g/mol. The van der Waals surface area contributed by atoms with Gasteiger partial charge in [0.15, 0.2) is 0 Å². The fraction of sp³-hybridized carbons (Fsp3) is 0.333. The van der Waals surface area contributed by atoms with Crippen molar-refractivity contribution < 1.29 is 13.2 Å². The Morgan fingerprint density at radius 1 is 1.11 bits per heavy atom. The molecule has 1 amide bonds. The van der Waals surface area contributed by atoms with Crippen molar-refractivity contribution in [2.24, 2.45) is 10.9 Å². The van der Waals surface area contributed by atoms with Gasteiger partial charge in [-0.2, -0.15) is 0 Å². The van der Waals surface area contributed by atoms with Crippen molar-refractivity contribution >= 4 is 27.5 Å². The summed E-state index contributed by atoms with van der Waals surface area (Å²) in [5.41, 5.74) is 3.88. The van der Waals surface area contributed by atoms with Gasteiger partial charge in [0.05, 0.1) is 4.90 Å². The minimum absolute atomic E-state index is 0.0980. The zero-order valence-corrected chi connectivity index (χ0v) is 16.7. The third-order valence-electron chi connectivity index (χ3n) is 5.20. The molecule has 28 heavy (non-hydrogen) atoms. The summed E-state index contributed by atoms with van der Waals surface area (Å²) in [6, 6.07) is 12.0. The van der Waals surface area contributed by atoms with E-state index in [4.69, 9.17) is 0 Å². The molecule has 4 rings (SSSR count).